The third-order valence-electron chi connectivity index (χ3n) is 4.68. The molecule has 4 rings (SSSR count). The smallest absolute Gasteiger partial charge is 0.0650 e. The third kappa shape index (κ3) is 2.68. The van der Waals surface area contributed by atoms with Crippen molar-refractivity contribution in [2.45, 2.75) is 44.3 Å². The Bertz CT molecular complexity index is 603. The molecular weight excluding hydrogens is 260 g/mol. The van der Waals surface area contributed by atoms with Gasteiger partial charge in [0.15, 0.2) is 0 Å². The first-order chi connectivity index (χ1) is 10.3. The van der Waals surface area contributed by atoms with Crippen LogP contribution in [0.4, 0.5) is 5.69 Å². The highest BCUT2D eigenvalue weighted by molar-refractivity contribution is 5.64. The molecule has 0 bridgehead atoms. The van der Waals surface area contributed by atoms with E-state index in [1.807, 2.05) is 6.07 Å². The Labute approximate surface area is 125 Å². The maximum Gasteiger partial charge on any atom is 0.0650 e. The number of anilines is 1. The van der Waals surface area contributed by atoms with E-state index in [0.29, 0.717) is 12.1 Å². The highest BCUT2D eigenvalue weighted by Gasteiger charge is 2.38. The molecule has 1 aromatic carbocycles. The summed E-state index contributed by atoms with van der Waals surface area (Å²) in [7, 11) is 0. The van der Waals surface area contributed by atoms with Crippen LogP contribution in [0.15, 0.2) is 36.5 Å². The molecule has 2 aromatic rings. The summed E-state index contributed by atoms with van der Waals surface area (Å²) < 4.78 is 0. The Morgan fingerprint density at radius 3 is 2.95 bits per heavy atom. The molecule has 0 amide bonds. The Kier molecular flexibility index (Phi) is 3.19. The Hall–Kier alpha value is -1.81. The zero-order valence-corrected chi connectivity index (χ0v) is 12.4. The molecular formula is C17H22N4. The lowest BCUT2D eigenvalue weighted by Gasteiger charge is -2.20. The average molecular weight is 282 g/mol. The van der Waals surface area contributed by atoms with Gasteiger partial charge in [-0.15, -0.1) is 0 Å². The Balaban J connectivity index is 1.46. The van der Waals surface area contributed by atoms with Crippen molar-refractivity contribution in [3.8, 4) is 11.3 Å². The first-order valence-corrected chi connectivity index (χ1v) is 7.92. The van der Waals surface area contributed by atoms with Crippen LogP contribution in [-0.4, -0.2) is 39.8 Å². The molecule has 2 fully saturated rings. The van der Waals surface area contributed by atoms with Crippen LogP contribution in [0, 0.1) is 0 Å². The lowest BCUT2D eigenvalue weighted by atomic mass is 10.1. The van der Waals surface area contributed by atoms with Crippen molar-refractivity contribution < 1.29 is 0 Å². The number of aromatic nitrogens is 2. The van der Waals surface area contributed by atoms with E-state index in [9.17, 15) is 0 Å². The van der Waals surface area contributed by atoms with Crippen molar-refractivity contribution >= 4 is 5.69 Å². The zero-order valence-electron chi connectivity index (χ0n) is 12.4. The fraction of sp³-hybridized carbons (Fsp3) is 0.471. The van der Waals surface area contributed by atoms with Crippen LogP contribution in [0.3, 0.4) is 0 Å². The minimum absolute atomic E-state index is 0.567. The number of benzene rings is 1. The molecule has 21 heavy (non-hydrogen) atoms. The fourth-order valence-corrected chi connectivity index (χ4v) is 3.50. The predicted octanol–water partition coefficient (Wildman–Crippen LogP) is 3.11. The van der Waals surface area contributed by atoms with Gasteiger partial charge < -0.3 is 5.32 Å². The Morgan fingerprint density at radius 2 is 2.19 bits per heavy atom. The van der Waals surface area contributed by atoms with Crippen LogP contribution in [-0.2, 0) is 0 Å². The number of hydrogen-bond donors (Lipinski definition) is 2. The summed E-state index contributed by atoms with van der Waals surface area (Å²) in [5.41, 5.74) is 3.46. The monoisotopic (exact) mass is 282 g/mol. The van der Waals surface area contributed by atoms with Gasteiger partial charge in [0.05, 0.1) is 5.69 Å². The lowest BCUT2D eigenvalue weighted by molar-refractivity contribution is 0.257. The quantitative estimate of drug-likeness (QED) is 0.905. The molecule has 0 spiro atoms. The second kappa shape index (κ2) is 5.19. The van der Waals surface area contributed by atoms with E-state index < -0.39 is 0 Å². The van der Waals surface area contributed by atoms with E-state index in [1.54, 1.807) is 6.20 Å². The number of nitrogens with zero attached hydrogens (tertiary/aromatic N) is 2. The molecule has 2 N–H and O–H groups in total. The number of H-pyrrole nitrogens is 1. The molecule has 1 saturated heterocycles. The summed E-state index contributed by atoms with van der Waals surface area (Å²) in [5.74, 6) is 0. The maximum atomic E-state index is 4.03. The van der Waals surface area contributed by atoms with Crippen LogP contribution < -0.4 is 5.32 Å². The number of nitrogens with one attached hydrogen (secondary N) is 2. The minimum Gasteiger partial charge on any atom is -0.381 e. The topological polar surface area (TPSA) is 44.0 Å². The summed E-state index contributed by atoms with van der Waals surface area (Å²) in [6.45, 7) is 3.54. The van der Waals surface area contributed by atoms with Gasteiger partial charge in [0, 0.05) is 42.1 Å². The van der Waals surface area contributed by atoms with Crippen molar-refractivity contribution in [2.75, 3.05) is 11.9 Å². The number of hydrogen-bond acceptors (Lipinski definition) is 3. The number of rotatable bonds is 4. The summed E-state index contributed by atoms with van der Waals surface area (Å²) in [4.78, 5) is 2.68. The minimum atomic E-state index is 0.567. The molecule has 1 aliphatic carbocycles. The van der Waals surface area contributed by atoms with Crippen molar-refractivity contribution in [2.24, 2.45) is 0 Å². The molecule has 2 heterocycles. The van der Waals surface area contributed by atoms with E-state index in [-0.39, 0.29) is 0 Å². The van der Waals surface area contributed by atoms with E-state index in [0.717, 1.165) is 11.7 Å². The first-order valence-electron chi connectivity index (χ1n) is 7.92. The van der Waals surface area contributed by atoms with E-state index in [2.05, 4.69) is 51.6 Å². The molecule has 4 heteroatoms. The van der Waals surface area contributed by atoms with Gasteiger partial charge in [-0.25, -0.2) is 0 Å². The molecule has 1 aromatic heterocycles. The van der Waals surface area contributed by atoms with Gasteiger partial charge >= 0.3 is 0 Å². The highest BCUT2D eigenvalue weighted by atomic mass is 15.3. The fourth-order valence-electron chi connectivity index (χ4n) is 3.50. The van der Waals surface area contributed by atoms with E-state index in [1.165, 1.54) is 37.1 Å². The summed E-state index contributed by atoms with van der Waals surface area (Å²) in [6.07, 6.45) is 5.82. The molecule has 110 valence electrons. The Morgan fingerprint density at radius 1 is 1.29 bits per heavy atom. The molecule has 2 unspecified atom stereocenters. The van der Waals surface area contributed by atoms with Crippen molar-refractivity contribution in [1.29, 1.82) is 0 Å². The van der Waals surface area contributed by atoms with Gasteiger partial charge in [-0.05, 0) is 44.4 Å². The van der Waals surface area contributed by atoms with Crippen LogP contribution in [0.25, 0.3) is 11.3 Å². The van der Waals surface area contributed by atoms with Gasteiger partial charge in [0.1, 0.15) is 0 Å². The SMILES string of the molecule is CC1CC(Nc2cccc(-c3ccn[nH]3)c2)CN1C1CC1. The van der Waals surface area contributed by atoms with Gasteiger partial charge in [0.25, 0.3) is 0 Å². The van der Waals surface area contributed by atoms with Crippen LogP contribution in [0.2, 0.25) is 0 Å². The summed E-state index contributed by atoms with van der Waals surface area (Å²) >= 11 is 0. The zero-order chi connectivity index (χ0) is 14.2. The van der Waals surface area contributed by atoms with Crippen LogP contribution in [0.5, 0.6) is 0 Å². The number of likely N-dealkylation sites (tertiary alicyclic amines) is 1. The van der Waals surface area contributed by atoms with Crippen molar-refractivity contribution in [1.82, 2.24) is 15.1 Å². The van der Waals surface area contributed by atoms with Crippen LogP contribution >= 0.6 is 0 Å². The maximum absolute atomic E-state index is 4.03. The highest BCUT2D eigenvalue weighted by Crippen LogP contribution is 2.34. The van der Waals surface area contributed by atoms with Gasteiger partial charge in [-0.3, -0.25) is 10.00 Å². The van der Waals surface area contributed by atoms with Gasteiger partial charge in [0.2, 0.25) is 0 Å². The largest absolute Gasteiger partial charge is 0.381 e. The van der Waals surface area contributed by atoms with Gasteiger partial charge in [-0.1, -0.05) is 12.1 Å². The molecule has 0 radical (unpaired) electrons. The summed E-state index contributed by atoms with van der Waals surface area (Å²) in [5, 5.41) is 10.8. The first kappa shape index (κ1) is 12.9. The normalized spacial score (nSPS) is 26.1. The van der Waals surface area contributed by atoms with Crippen molar-refractivity contribution in [3.05, 3.63) is 36.5 Å². The molecule has 2 atom stereocenters. The second-order valence-electron chi connectivity index (χ2n) is 6.41. The standard InChI is InChI=1S/C17H22N4/c1-12-9-15(11-21(12)16-5-6-16)19-14-4-2-3-13(10-14)17-7-8-18-20-17/h2-4,7-8,10,12,15-16,19H,5-6,9,11H2,1H3,(H,18,20). The molecule has 4 nitrogen and oxygen atoms in total. The molecule has 1 aliphatic heterocycles. The average Bonchev–Trinajstić information content (AvgIpc) is 3.04. The van der Waals surface area contributed by atoms with E-state index >= 15 is 0 Å². The number of aromatic amines is 1. The van der Waals surface area contributed by atoms with Crippen LogP contribution in [0.1, 0.15) is 26.2 Å². The third-order valence-corrected chi connectivity index (χ3v) is 4.68. The predicted molar refractivity (Wildman–Crippen MR) is 85.2 cm³/mol. The molecule has 1 saturated carbocycles. The van der Waals surface area contributed by atoms with E-state index in [4.69, 9.17) is 0 Å². The summed E-state index contributed by atoms with van der Waals surface area (Å²) in [6, 6.07) is 12.7. The lowest BCUT2D eigenvalue weighted by Crippen LogP contribution is -2.30. The van der Waals surface area contributed by atoms with Crippen molar-refractivity contribution in [3.63, 3.8) is 0 Å². The van der Waals surface area contributed by atoms with Gasteiger partial charge in [-0.2, -0.15) is 5.10 Å². The molecule has 2 aliphatic rings. The second-order valence-corrected chi connectivity index (χ2v) is 6.41.